The lowest BCUT2D eigenvalue weighted by molar-refractivity contribution is 0.0765. The van der Waals surface area contributed by atoms with Gasteiger partial charge in [0.2, 0.25) is 0 Å². The van der Waals surface area contributed by atoms with E-state index in [4.69, 9.17) is 0 Å². The van der Waals surface area contributed by atoms with Crippen molar-refractivity contribution in [3.05, 3.63) is 34.3 Å². The summed E-state index contributed by atoms with van der Waals surface area (Å²) in [5, 5.41) is 9.34. The van der Waals surface area contributed by atoms with Crippen molar-refractivity contribution < 1.29 is 9.90 Å². The fourth-order valence-electron chi connectivity index (χ4n) is 1.70. The molecule has 0 radical (unpaired) electrons. The van der Waals surface area contributed by atoms with Crippen molar-refractivity contribution in [2.45, 2.75) is 12.5 Å². The molecule has 2 rings (SSSR count). The fraction of sp³-hybridized carbons (Fsp3) is 0.364. The van der Waals surface area contributed by atoms with Gasteiger partial charge in [0.05, 0.1) is 6.10 Å². The SMILES string of the molecule is O=C(c1ccc(Br)cc1)N1CC[C@H](O)C1. The van der Waals surface area contributed by atoms with Gasteiger partial charge in [-0.2, -0.15) is 0 Å². The van der Waals surface area contributed by atoms with Gasteiger partial charge >= 0.3 is 0 Å². The van der Waals surface area contributed by atoms with E-state index >= 15 is 0 Å². The topological polar surface area (TPSA) is 40.5 Å². The molecule has 0 bridgehead atoms. The Kier molecular flexibility index (Phi) is 3.07. The van der Waals surface area contributed by atoms with Crippen molar-refractivity contribution in [1.29, 1.82) is 0 Å². The number of amides is 1. The number of rotatable bonds is 1. The van der Waals surface area contributed by atoms with Gasteiger partial charge in [-0.1, -0.05) is 15.9 Å². The molecule has 0 spiro atoms. The number of β-amino-alcohol motifs (C(OH)–C–C–N with tert-alkyl or cyclic N) is 1. The number of carbonyl (C=O) groups excluding carboxylic acids is 1. The lowest BCUT2D eigenvalue weighted by Crippen LogP contribution is -2.29. The molecule has 0 aromatic heterocycles. The molecule has 0 aliphatic carbocycles. The number of nitrogens with zero attached hydrogens (tertiary/aromatic N) is 1. The Labute approximate surface area is 96.8 Å². The maximum absolute atomic E-state index is 11.9. The standard InChI is InChI=1S/C11H12BrNO2/c12-9-3-1-8(2-4-9)11(15)13-6-5-10(14)7-13/h1-4,10,14H,5-7H2/t10-/m0/s1. The average molecular weight is 270 g/mol. The molecule has 1 aromatic rings. The number of benzene rings is 1. The zero-order valence-corrected chi connectivity index (χ0v) is 9.77. The van der Waals surface area contributed by atoms with Crippen LogP contribution >= 0.6 is 15.9 Å². The molecule has 1 fully saturated rings. The Morgan fingerprint density at radius 3 is 2.60 bits per heavy atom. The van der Waals surface area contributed by atoms with E-state index in [-0.39, 0.29) is 12.0 Å². The minimum absolute atomic E-state index is 0.000880. The van der Waals surface area contributed by atoms with E-state index in [1.165, 1.54) is 0 Å². The Balaban J connectivity index is 2.11. The molecule has 1 saturated heterocycles. The Bertz CT molecular complexity index is 363. The van der Waals surface area contributed by atoms with Gasteiger partial charge in [-0.05, 0) is 30.7 Å². The summed E-state index contributed by atoms with van der Waals surface area (Å²) in [5.41, 5.74) is 0.673. The fourth-order valence-corrected chi connectivity index (χ4v) is 1.97. The Morgan fingerprint density at radius 2 is 2.07 bits per heavy atom. The maximum atomic E-state index is 11.9. The monoisotopic (exact) mass is 269 g/mol. The van der Waals surface area contributed by atoms with E-state index in [0.29, 0.717) is 25.1 Å². The molecule has 4 heteroatoms. The predicted molar refractivity (Wildman–Crippen MR) is 60.7 cm³/mol. The number of aliphatic hydroxyl groups is 1. The highest BCUT2D eigenvalue weighted by Gasteiger charge is 2.25. The molecule has 1 heterocycles. The molecular weight excluding hydrogens is 258 g/mol. The summed E-state index contributed by atoms with van der Waals surface area (Å²) in [6, 6.07) is 7.27. The van der Waals surface area contributed by atoms with Crippen LogP contribution < -0.4 is 0 Å². The third kappa shape index (κ3) is 2.38. The van der Waals surface area contributed by atoms with Gasteiger partial charge in [-0.25, -0.2) is 0 Å². The Morgan fingerprint density at radius 1 is 1.40 bits per heavy atom. The minimum Gasteiger partial charge on any atom is -0.391 e. The van der Waals surface area contributed by atoms with Gasteiger partial charge in [-0.15, -0.1) is 0 Å². The smallest absolute Gasteiger partial charge is 0.253 e. The first-order chi connectivity index (χ1) is 7.16. The summed E-state index contributed by atoms with van der Waals surface area (Å²) in [7, 11) is 0. The van der Waals surface area contributed by atoms with E-state index in [0.717, 1.165) is 4.47 Å². The molecule has 1 amide bonds. The lowest BCUT2D eigenvalue weighted by atomic mass is 10.2. The number of hydrogen-bond donors (Lipinski definition) is 1. The van der Waals surface area contributed by atoms with Gasteiger partial charge in [-0.3, -0.25) is 4.79 Å². The van der Waals surface area contributed by atoms with E-state index < -0.39 is 0 Å². The second kappa shape index (κ2) is 4.33. The molecule has 1 aliphatic heterocycles. The van der Waals surface area contributed by atoms with Crippen molar-refractivity contribution in [3.8, 4) is 0 Å². The quantitative estimate of drug-likeness (QED) is 0.843. The molecule has 3 nitrogen and oxygen atoms in total. The van der Waals surface area contributed by atoms with Crippen LogP contribution in [-0.4, -0.2) is 35.1 Å². The van der Waals surface area contributed by atoms with Crippen LogP contribution in [0.15, 0.2) is 28.7 Å². The first kappa shape index (κ1) is 10.6. The molecule has 1 N–H and O–H groups in total. The second-order valence-electron chi connectivity index (χ2n) is 3.70. The average Bonchev–Trinajstić information content (AvgIpc) is 2.65. The largest absolute Gasteiger partial charge is 0.391 e. The van der Waals surface area contributed by atoms with Crippen molar-refractivity contribution in [2.75, 3.05) is 13.1 Å². The summed E-state index contributed by atoms with van der Waals surface area (Å²) < 4.78 is 0.959. The zero-order valence-electron chi connectivity index (χ0n) is 8.19. The van der Waals surface area contributed by atoms with Gasteiger partial charge in [0.15, 0.2) is 0 Å². The summed E-state index contributed by atoms with van der Waals surface area (Å²) >= 11 is 3.32. The van der Waals surface area contributed by atoms with Crippen molar-refractivity contribution in [1.82, 2.24) is 4.90 Å². The van der Waals surface area contributed by atoms with E-state index in [2.05, 4.69) is 15.9 Å². The summed E-state index contributed by atoms with van der Waals surface area (Å²) in [6.45, 7) is 1.10. The maximum Gasteiger partial charge on any atom is 0.253 e. The highest BCUT2D eigenvalue weighted by atomic mass is 79.9. The second-order valence-corrected chi connectivity index (χ2v) is 4.62. The third-order valence-corrected chi connectivity index (χ3v) is 3.07. The molecule has 15 heavy (non-hydrogen) atoms. The highest BCUT2D eigenvalue weighted by Crippen LogP contribution is 2.15. The molecule has 80 valence electrons. The third-order valence-electron chi connectivity index (χ3n) is 2.54. The van der Waals surface area contributed by atoms with Gasteiger partial charge < -0.3 is 10.0 Å². The molecule has 0 saturated carbocycles. The van der Waals surface area contributed by atoms with Crippen LogP contribution in [0.3, 0.4) is 0 Å². The van der Waals surface area contributed by atoms with Crippen LogP contribution in [0, 0.1) is 0 Å². The summed E-state index contributed by atoms with van der Waals surface area (Å²) in [5.74, 6) is -0.000880. The van der Waals surface area contributed by atoms with Crippen LogP contribution in [0.25, 0.3) is 0 Å². The predicted octanol–water partition coefficient (Wildman–Crippen LogP) is 1.66. The van der Waals surface area contributed by atoms with Crippen LogP contribution in [0.4, 0.5) is 0 Å². The number of halogens is 1. The Hall–Kier alpha value is -0.870. The normalized spacial score (nSPS) is 20.7. The molecule has 0 unspecified atom stereocenters. The van der Waals surface area contributed by atoms with Crippen LogP contribution in [0.5, 0.6) is 0 Å². The van der Waals surface area contributed by atoms with Crippen LogP contribution in [0.2, 0.25) is 0 Å². The van der Waals surface area contributed by atoms with E-state index in [1.807, 2.05) is 12.1 Å². The van der Waals surface area contributed by atoms with Gasteiger partial charge in [0.1, 0.15) is 0 Å². The van der Waals surface area contributed by atoms with Gasteiger partial charge in [0, 0.05) is 23.1 Å². The zero-order chi connectivity index (χ0) is 10.8. The first-order valence-electron chi connectivity index (χ1n) is 4.90. The van der Waals surface area contributed by atoms with E-state index in [9.17, 15) is 9.90 Å². The summed E-state index contributed by atoms with van der Waals surface area (Å²) in [6.07, 6.45) is 0.326. The lowest BCUT2D eigenvalue weighted by Gasteiger charge is -2.15. The first-order valence-corrected chi connectivity index (χ1v) is 5.69. The molecular formula is C11H12BrNO2. The van der Waals surface area contributed by atoms with E-state index in [1.54, 1.807) is 17.0 Å². The number of carbonyl (C=O) groups is 1. The van der Waals surface area contributed by atoms with Crippen molar-refractivity contribution in [3.63, 3.8) is 0 Å². The number of hydrogen-bond acceptors (Lipinski definition) is 2. The minimum atomic E-state index is -0.357. The van der Waals surface area contributed by atoms with Gasteiger partial charge in [0.25, 0.3) is 5.91 Å². The van der Waals surface area contributed by atoms with Crippen molar-refractivity contribution >= 4 is 21.8 Å². The summed E-state index contributed by atoms with van der Waals surface area (Å²) in [4.78, 5) is 13.6. The molecule has 1 aromatic carbocycles. The molecule has 1 atom stereocenters. The van der Waals surface area contributed by atoms with Crippen molar-refractivity contribution in [2.24, 2.45) is 0 Å². The highest BCUT2D eigenvalue weighted by molar-refractivity contribution is 9.10. The van der Waals surface area contributed by atoms with Crippen LogP contribution in [-0.2, 0) is 0 Å². The van der Waals surface area contributed by atoms with Crippen LogP contribution in [0.1, 0.15) is 16.8 Å². The number of likely N-dealkylation sites (tertiary alicyclic amines) is 1. The number of aliphatic hydroxyl groups excluding tert-OH is 1. The molecule has 1 aliphatic rings.